The van der Waals surface area contributed by atoms with E-state index in [1.54, 1.807) is 0 Å². The molecule has 0 aromatic carbocycles. The first-order valence-electron chi connectivity index (χ1n) is 4.92. The van der Waals surface area contributed by atoms with Gasteiger partial charge in [0.05, 0.1) is 0 Å². The Morgan fingerprint density at radius 3 is 2.46 bits per heavy atom. The van der Waals surface area contributed by atoms with Gasteiger partial charge in [-0.1, -0.05) is 20.8 Å². The Balaban J connectivity index is 2.52. The Kier molecular flexibility index (Phi) is 2.96. The maximum Gasteiger partial charge on any atom is 0.228 e. The largest absolute Gasteiger partial charge is 0.341 e. The molecule has 76 valence electrons. The fourth-order valence-corrected chi connectivity index (χ4v) is 1.65. The second kappa shape index (κ2) is 3.66. The summed E-state index contributed by atoms with van der Waals surface area (Å²) >= 11 is 0. The standard InChI is InChI=1S/C10H20N2O/c1-10(2,3)9(13)12-6-5-8(7-12)11-4/h8,11H,5-7H2,1-4H3/t8-/m1/s1. The van der Waals surface area contributed by atoms with E-state index in [-0.39, 0.29) is 11.3 Å². The molecule has 1 amide bonds. The van der Waals surface area contributed by atoms with Crippen molar-refractivity contribution < 1.29 is 4.79 Å². The van der Waals surface area contributed by atoms with Gasteiger partial charge in [0.2, 0.25) is 5.91 Å². The van der Waals surface area contributed by atoms with Crippen molar-refractivity contribution in [3.63, 3.8) is 0 Å². The molecule has 1 rings (SSSR count). The fraction of sp³-hybridized carbons (Fsp3) is 0.900. The maximum absolute atomic E-state index is 11.8. The smallest absolute Gasteiger partial charge is 0.228 e. The van der Waals surface area contributed by atoms with Gasteiger partial charge in [-0.2, -0.15) is 0 Å². The summed E-state index contributed by atoms with van der Waals surface area (Å²) in [5.41, 5.74) is -0.234. The Labute approximate surface area is 80.5 Å². The van der Waals surface area contributed by atoms with Crippen LogP contribution in [0.2, 0.25) is 0 Å². The van der Waals surface area contributed by atoms with Gasteiger partial charge in [-0.05, 0) is 13.5 Å². The van der Waals surface area contributed by atoms with Crippen molar-refractivity contribution in [2.24, 2.45) is 5.41 Å². The quantitative estimate of drug-likeness (QED) is 0.655. The minimum absolute atomic E-state index is 0.234. The van der Waals surface area contributed by atoms with Crippen LogP contribution in [-0.4, -0.2) is 37.0 Å². The molecule has 1 fully saturated rings. The lowest BCUT2D eigenvalue weighted by Crippen LogP contribution is -2.39. The molecule has 1 aliphatic heterocycles. The summed E-state index contributed by atoms with van der Waals surface area (Å²) in [6.07, 6.45) is 1.08. The molecule has 0 radical (unpaired) electrons. The molecule has 0 aromatic heterocycles. The zero-order chi connectivity index (χ0) is 10.1. The highest BCUT2D eigenvalue weighted by Crippen LogP contribution is 2.20. The normalized spacial score (nSPS) is 23.7. The van der Waals surface area contributed by atoms with E-state index in [1.807, 2.05) is 32.7 Å². The first kappa shape index (κ1) is 10.5. The van der Waals surface area contributed by atoms with E-state index < -0.39 is 0 Å². The SMILES string of the molecule is CN[C@@H]1CCN(C(=O)C(C)(C)C)C1. The van der Waals surface area contributed by atoms with Crippen LogP contribution in [0.3, 0.4) is 0 Å². The summed E-state index contributed by atoms with van der Waals surface area (Å²) in [7, 11) is 1.95. The summed E-state index contributed by atoms with van der Waals surface area (Å²) in [5, 5.41) is 3.21. The van der Waals surface area contributed by atoms with E-state index in [2.05, 4.69) is 5.32 Å². The van der Waals surface area contributed by atoms with Gasteiger partial charge in [-0.3, -0.25) is 4.79 Å². The average molecular weight is 184 g/mol. The second-order valence-electron chi connectivity index (χ2n) is 4.78. The number of amides is 1. The highest BCUT2D eigenvalue weighted by Gasteiger charge is 2.31. The molecule has 1 atom stereocenters. The van der Waals surface area contributed by atoms with Gasteiger partial charge in [0, 0.05) is 24.5 Å². The van der Waals surface area contributed by atoms with Crippen LogP contribution in [0.4, 0.5) is 0 Å². The molecule has 0 spiro atoms. The summed E-state index contributed by atoms with van der Waals surface area (Å²) in [4.78, 5) is 13.8. The number of carbonyl (C=O) groups is 1. The lowest BCUT2D eigenvalue weighted by Gasteiger charge is -2.25. The van der Waals surface area contributed by atoms with Gasteiger partial charge < -0.3 is 10.2 Å². The summed E-state index contributed by atoms with van der Waals surface area (Å²) < 4.78 is 0. The number of likely N-dealkylation sites (tertiary alicyclic amines) is 1. The van der Waals surface area contributed by atoms with Crippen LogP contribution in [-0.2, 0) is 4.79 Å². The summed E-state index contributed by atoms with van der Waals surface area (Å²) in [6, 6.07) is 0.492. The lowest BCUT2D eigenvalue weighted by molar-refractivity contribution is -0.138. The second-order valence-corrected chi connectivity index (χ2v) is 4.78. The molecule has 3 heteroatoms. The topological polar surface area (TPSA) is 32.3 Å². The number of hydrogen-bond acceptors (Lipinski definition) is 2. The highest BCUT2D eigenvalue weighted by atomic mass is 16.2. The van der Waals surface area contributed by atoms with E-state index in [4.69, 9.17) is 0 Å². The lowest BCUT2D eigenvalue weighted by atomic mass is 9.95. The van der Waals surface area contributed by atoms with Crippen LogP contribution in [0, 0.1) is 5.41 Å². The highest BCUT2D eigenvalue weighted by molar-refractivity contribution is 5.81. The minimum atomic E-state index is -0.234. The molecule has 0 saturated carbocycles. The number of nitrogens with one attached hydrogen (secondary N) is 1. The first-order valence-corrected chi connectivity index (χ1v) is 4.92. The summed E-state index contributed by atoms with van der Waals surface area (Å²) in [6.45, 7) is 7.69. The molecule has 3 nitrogen and oxygen atoms in total. The molecule has 0 aliphatic carbocycles. The van der Waals surface area contributed by atoms with Crippen LogP contribution in [0.1, 0.15) is 27.2 Å². The Morgan fingerprint density at radius 2 is 2.08 bits per heavy atom. The predicted octanol–water partition coefficient (Wildman–Crippen LogP) is 0.853. The van der Waals surface area contributed by atoms with Gasteiger partial charge in [-0.15, -0.1) is 0 Å². The molecule has 0 unspecified atom stereocenters. The van der Waals surface area contributed by atoms with Gasteiger partial charge in [0.1, 0.15) is 0 Å². The molecule has 1 N–H and O–H groups in total. The monoisotopic (exact) mass is 184 g/mol. The van der Waals surface area contributed by atoms with Crippen LogP contribution >= 0.6 is 0 Å². The third-order valence-electron chi connectivity index (χ3n) is 2.53. The number of nitrogens with zero attached hydrogens (tertiary/aromatic N) is 1. The molecule has 13 heavy (non-hydrogen) atoms. The first-order chi connectivity index (χ1) is 5.95. The minimum Gasteiger partial charge on any atom is -0.341 e. The zero-order valence-corrected chi connectivity index (χ0v) is 9.05. The van der Waals surface area contributed by atoms with Crippen LogP contribution < -0.4 is 5.32 Å². The van der Waals surface area contributed by atoms with E-state index in [0.29, 0.717) is 6.04 Å². The van der Waals surface area contributed by atoms with Crippen molar-refractivity contribution in [1.82, 2.24) is 10.2 Å². The third-order valence-corrected chi connectivity index (χ3v) is 2.53. The molecular formula is C10H20N2O. The van der Waals surface area contributed by atoms with E-state index in [0.717, 1.165) is 19.5 Å². The number of carbonyl (C=O) groups excluding carboxylic acids is 1. The zero-order valence-electron chi connectivity index (χ0n) is 9.05. The van der Waals surface area contributed by atoms with Gasteiger partial charge in [-0.25, -0.2) is 0 Å². The van der Waals surface area contributed by atoms with Crippen molar-refractivity contribution in [1.29, 1.82) is 0 Å². The van der Waals surface area contributed by atoms with Crippen LogP contribution in [0.25, 0.3) is 0 Å². The van der Waals surface area contributed by atoms with E-state index >= 15 is 0 Å². The Bertz CT molecular complexity index is 196. The number of hydrogen-bond donors (Lipinski definition) is 1. The van der Waals surface area contributed by atoms with Crippen LogP contribution in [0.5, 0.6) is 0 Å². The Morgan fingerprint density at radius 1 is 1.46 bits per heavy atom. The molecule has 0 bridgehead atoms. The molecule has 1 aliphatic rings. The third kappa shape index (κ3) is 2.44. The molecule has 1 saturated heterocycles. The van der Waals surface area contributed by atoms with Crippen LogP contribution in [0.15, 0.2) is 0 Å². The van der Waals surface area contributed by atoms with E-state index in [1.165, 1.54) is 0 Å². The number of likely N-dealkylation sites (N-methyl/N-ethyl adjacent to an activating group) is 1. The molecule has 1 heterocycles. The van der Waals surface area contributed by atoms with Crippen molar-refractivity contribution in [2.45, 2.75) is 33.2 Å². The van der Waals surface area contributed by atoms with Crippen molar-refractivity contribution in [3.05, 3.63) is 0 Å². The molecule has 0 aromatic rings. The van der Waals surface area contributed by atoms with Gasteiger partial charge in [0.25, 0.3) is 0 Å². The van der Waals surface area contributed by atoms with E-state index in [9.17, 15) is 4.79 Å². The van der Waals surface area contributed by atoms with Crippen molar-refractivity contribution >= 4 is 5.91 Å². The van der Waals surface area contributed by atoms with Crippen molar-refractivity contribution in [2.75, 3.05) is 20.1 Å². The molecular weight excluding hydrogens is 164 g/mol. The van der Waals surface area contributed by atoms with Gasteiger partial charge in [0.15, 0.2) is 0 Å². The predicted molar refractivity (Wildman–Crippen MR) is 53.5 cm³/mol. The van der Waals surface area contributed by atoms with Crippen molar-refractivity contribution in [3.8, 4) is 0 Å². The fourth-order valence-electron chi connectivity index (χ4n) is 1.65. The van der Waals surface area contributed by atoms with Gasteiger partial charge >= 0.3 is 0 Å². The maximum atomic E-state index is 11.8. The Hall–Kier alpha value is -0.570. The number of rotatable bonds is 1. The summed E-state index contributed by atoms with van der Waals surface area (Å²) in [5.74, 6) is 0.269. The average Bonchev–Trinajstić information content (AvgIpc) is 2.48.